The van der Waals surface area contributed by atoms with Crippen molar-refractivity contribution in [2.24, 2.45) is 5.11 Å². The highest BCUT2D eigenvalue weighted by Crippen LogP contribution is 2.29. The van der Waals surface area contributed by atoms with Gasteiger partial charge in [-0.1, -0.05) is 22.9 Å². The molecule has 0 fully saturated rings. The summed E-state index contributed by atoms with van der Waals surface area (Å²) in [6.07, 6.45) is 1.85. The summed E-state index contributed by atoms with van der Waals surface area (Å²) in [6.45, 7) is 3.70. The highest BCUT2D eigenvalue weighted by molar-refractivity contribution is 5.78. The number of azo groups is 2. The van der Waals surface area contributed by atoms with Crippen molar-refractivity contribution in [1.29, 1.82) is 0 Å². The maximum Gasteiger partial charge on any atom is 0.237 e. The standard InChI is InChI=1S/C16H15N4/c1-11-2-4-14-9-18-20(16(14)6-11)10-12-3-5-13-8-17-19-15(13)7-12/h2-8H,9-10H2,1H3,(H,17,19)/q+1. The zero-order valence-corrected chi connectivity index (χ0v) is 11.3. The van der Waals surface area contributed by atoms with Crippen LogP contribution < -0.4 is 0 Å². The molecule has 0 spiro atoms. The number of nitrogens with zero attached hydrogens (tertiary/aromatic N) is 3. The van der Waals surface area contributed by atoms with Crippen molar-refractivity contribution in [3.63, 3.8) is 0 Å². The summed E-state index contributed by atoms with van der Waals surface area (Å²) in [4.78, 5) is 0. The fourth-order valence-corrected chi connectivity index (χ4v) is 2.68. The summed E-state index contributed by atoms with van der Waals surface area (Å²) >= 11 is 0. The molecule has 0 aliphatic carbocycles. The van der Waals surface area contributed by atoms with Gasteiger partial charge in [-0.3, -0.25) is 5.10 Å². The van der Waals surface area contributed by atoms with Crippen molar-refractivity contribution in [2.75, 3.05) is 0 Å². The Morgan fingerprint density at radius 1 is 1.20 bits per heavy atom. The molecule has 2 aromatic carbocycles. The average Bonchev–Trinajstić information content (AvgIpc) is 3.05. The van der Waals surface area contributed by atoms with Crippen LogP contribution in [0, 0.1) is 6.92 Å². The molecule has 1 N–H and O–H groups in total. The van der Waals surface area contributed by atoms with E-state index in [1.54, 1.807) is 0 Å². The maximum atomic E-state index is 4.62. The molecule has 0 atom stereocenters. The number of aromatic amines is 1. The number of aryl methyl sites for hydroxylation is 1. The van der Waals surface area contributed by atoms with Gasteiger partial charge in [0, 0.05) is 17.0 Å². The lowest BCUT2D eigenvalue weighted by Crippen LogP contribution is -2.00. The Morgan fingerprint density at radius 2 is 2.15 bits per heavy atom. The fraction of sp³-hybridized carbons (Fsp3) is 0.188. The molecule has 98 valence electrons. The Bertz CT molecular complexity index is 829. The molecule has 0 saturated carbocycles. The van der Waals surface area contributed by atoms with Crippen LogP contribution in [-0.4, -0.2) is 14.9 Å². The Labute approximate surface area is 116 Å². The maximum absolute atomic E-state index is 4.62. The van der Waals surface area contributed by atoms with Gasteiger partial charge in [-0.15, -0.1) is 0 Å². The highest BCUT2D eigenvalue weighted by atomic mass is 15.3. The topological polar surface area (TPSA) is 44.0 Å². The molecule has 3 aromatic rings. The van der Waals surface area contributed by atoms with Crippen molar-refractivity contribution in [2.45, 2.75) is 20.0 Å². The number of nitrogens with one attached hydrogen (secondary N) is 1. The first-order valence-corrected chi connectivity index (χ1v) is 6.76. The van der Waals surface area contributed by atoms with Gasteiger partial charge in [0.15, 0.2) is 6.54 Å². The second-order valence-corrected chi connectivity index (χ2v) is 5.28. The molecule has 0 radical (unpaired) electrons. The number of hydrogen-bond acceptors (Lipinski definition) is 2. The molecular formula is C16H15N4+. The van der Waals surface area contributed by atoms with Crippen LogP contribution in [0.4, 0.5) is 5.69 Å². The zero-order chi connectivity index (χ0) is 13.5. The van der Waals surface area contributed by atoms with Crippen LogP contribution in [-0.2, 0) is 13.1 Å². The van der Waals surface area contributed by atoms with Gasteiger partial charge >= 0.3 is 0 Å². The molecule has 0 unspecified atom stereocenters. The monoisotopic (exact) mass is 263 g/mol. The van der Waals surface area contributed by atoms with E-state index in [2.05, 4.69) is 63.3 Å². The minimum atomic E-state index is 0.780. The van der Waals surface area contributed by atoms with Crippen molar-refractivity contribution < 1.29 is 4.70 Å². The van der Waals surface area contributed by atoms with Crippen LogP contribution in [0.1, 0.15) is 16.7 Å². The van der Waals surface area contributed by atoms with E-state index in [1.807, 2.05) is 6.20 Å². The van der Waals surface area contributed by atoms with Gasteiger partial charge in [0.25, 0.3) is 0 Å². The van der Waals surface area contributed by atoms with Crippen LogP contribution >= 0.6 is 0 Å². The predicted octanol–water partition coefficient (Wildman–Crippen LogP) is 3.68. The third kappa shape index (κ3) is 1.81. The smallest absolute Gasteiger partial charge is 0.237 e. The second kappa shape index (κ2) is 4.27. The molecule has 1 aliphatic heterocycles. The molecule has 0 amide bonds. The van der Waals surface area contributed by atoms with Gasteiger partial charge < -0.3 is 0 Å². The van der Waals surface area contributed by atoms with Crippen molar-refractivity contribution in [3.8, 4) is 0 Å². The third-order valence-electron chi connectivity index (χ3n) is 3.77. The number of H-pyrrole nitrogens is 1. The van der Waals surface area contributed by atoms with Crippen molar-refractivity contribution >= 4 is 16.6 Å². The number of benzene rings is 2. The van der Waals surface area contributed by atoms with E-state index in [-0.39, 0.29) is 0 Å². The number of fused-ring (bicyclic) bond motifs is 2. The van der Waals surface area contributed by atoms with Gasteiger partial charge in [0.1, 0.15) is 6.54 Å². The number of aromatic nitrogens is 2. The van der Waals surface area contributed by atoms with E-state index in [1.165, 1.54) is 22.4 Å². The molecule has 4 heteroatoms. The normalized spacial score (nSPS) is 13.6. The molecule has 4 nitrogen and oxygen atoms in total. The van der Waals surface area contributed by atoms with Gasteiger partial charge in [0.05, 0.1) is 17.3 Å². The molecule has 1 aliphatic rings. The van der Waals surface area contributed by atoms with Crippen LogP contribution in [0.5, 0.6) is 0 Å². The van der Waals surface area contributed by atoms with Crippen LogP contribution in [0.25, 0.3) is 10.9 Å². The van der Waals surface area contributed by atoms with Crippen LogP contribution in [0.3, 0.4) is 0 Å². The molecule has 2 heterocycles. The Balaban J connectivity index is 1.69. The van der Waals surface area contributed by atoms with E-state index in [0.29, 0.717) is 0 Å². The van der Waals surface area contributed by atoms with Crippen LogP contribution in [0.2, 0.25) is 0 Å². The number of rotatable bonds is 2. The summed E-state index contributed by atoms with van der Waals surface area (Å²) in [7, 11) is 0. The quantitative estimate of drug-likeness (QED) is 0.704. The first-order valence-electron chi connectivity index (χ1n) is 6.76. The van der Waals surface area contributed by atoms with Gasteiger partial charge in [-0.05, 0) is 29.7 Å². The Kier molecular flexibility index (Phi) is 2.42. The summed E-state index contributed by atoms with van der Waals surface area (Å²) in [6, 6.07) is 12.9. The Morgan fingerprint density at radius 3 is 3.10 bits per heavy atom. The van der Waals surface area contributed by atoms with E-state index in [0.717, 1.165) is 24.0 Å². The van der Waals surface area contributed by atoms with E-state index in [4.69, 9.17) is 0 Å². The molecule has 4 rings (SSSR count). The second-order valence-electron chi connectivity index (χ2n) is 5.28. The van der Waals surface area contributed by atoms with E-state index < -0.39 is 0 Å². The zero-order valence-electron chi connectivity index (χ0n) is 11.3. The lowest BCUT2D eigenvalue weighted by atomic mass is 10.1. The SMILES string of the molecule is Cc1ccc2c(c1)[N+](Cc1ccc3cn[nH]c3c1)=NC2. The minimum Gasteiger partial charge on any atom is -0.278 e. The lowest BCUT2D eigenvalue weighted by Gasteiger charge is -2.00. The predicted molar refractivity (Wildman–Crippen MR) is 77.0 cm³/mol. The van der Waals surface area contributed by atoms with Crippen LogP contribution in [0.15, 0.2) is 47.7 Å². The molecule has 0 bridgehead atoms. The summed E-state index contributed by atoms with van der Waals surface area (Å²) < 4.78 is 2.10. The molecule has 0 saturated heterocycles. The summed E-state index contributed by atoms with van der Waals surface area (Å²) in [5, 5.41) is 12.8. The van der Waals surface area contributed by atoms with E-state index in [9.17, 15) is 0 Å². The van der Waals surface area contributed by atoms with Gasteiger partial charge in [-0.25, -0.2) is 0 Å². The number of hydrogen-bond donors (Lipinski definition) is 1. The van der Waals surface area contributed by atoms with Gasteiger partial charge in [-0.2, -0.15) is 5.10 Å². The first-order chi connectivity index (χ1) is 9.79. The summed E-state index contributed by atoms with van der Waals surface area (Å²) in [5.41, 5.74) is 6.12. The average molecular weight is 263 g/mol. The minimum absolute atomic E-state index is 0.780. The first kappa shape index (κ1) is 11.3. The third-order valence-corrected chi connectivity index (χ3v) is 3.77. The van der Waals surface area contributed by atoms with E-state index >= 15 is 0 Å². The lowest BCUT2D eigenvalue weighted by molar-refractivity contribution is -0.524. The summed E-state index contributed by atoms with van der Waals surface area (Å²) in [5.74, 6) is 0. The highest BCUT2D eigenvalue weighted by Gasteiger charge is 2.24. The molecular weight excluding hydrogens is 248 g/mol. The largest absolute Gasteiger partial charge is 0.278 e. The molecule has 1 aromatic heterocycles. The molecule has 20 heavy (non-hydrogen) atoms. The fourth-order valence-electron chi connectivity index (χ4n) is 2.68. The van der Waals surface area contributed by atoms with Crippen molar-refractivity contribution in [1.82, 2.24) is 10.2 Å². The van der Waals surface area contributed by atoms with Crippen molar-refractivity contribution in [3.05, 3.63) is 59.3 Å². The Hall–Kier alpha value is -2.49. The van der Waals surface area contributed by atoms with Gasteiger partial charge in [0.2, 0.25) is 5.69 Å².